The highest BCUT2D eigenvalue weighted by molar-refractivity contribution is 5.92. The average molecular weight is 392 g/mol. The molecule has 150 valence electrons. The summed E-state index contributed by atoms with van der Waals surface area (Å²) in [7, 11) is 1.59. The van der Waals surface area contributed by atoms with E-state index >= 15 is 0 Å². The third-order valence-corrected chi connectivity index (χ3v) is 5.18. The summed E-state index contributed by atoms with van der Waals surface area (Å²) < 4.78 is 10.6. The molecule has 3 aromatic rings. The van der Waals surface area contributed by atoms with Crippen molar-refractivity contribution in [3.05, 3.63) is 58.8 Å². The molecule has 7 heteroatoms. The molecule has 0 bridgehead atoms. The van der Waals surface area contributed by atoms with Crippen molar-refractivity contribution in [2.24, 2.45) is 5.73 Å². The molecule has 0 aliphatic carbocycles. The average Bonchev–Trinajstić information content (AvgIpc) is 2.69. The first-order valence-electron chi connectivity index (χ1n) is 9.56. The van der Waals surface area contributed by atoms with E-state index in [1.807, 2.05) is 32.9 Å². The number of hydrogen-bond donors (Lipinski definition) is 1. The van der Waals surface area contributed by atoms with Gasteiger partial charge >= 0.3 is 5.97 Å². The minimum Gasteiger partial charge on any atom is -0.481 e. The molecule has 0 spiro atoms. The minimum absolute atomic E-state index is 0.0761. The van der Waals surface area contributed by atoms with Gasteiger partial charge in [-0.25, -0.2) is 9.78 Å². The second kappa shape index (κ2) is 7.08. The largest absolute Gasteiger partial charge is 0.481 e. The van der Waals surface area contributed by atoms with Crippen LogP contribution in [0.2, 0.25) is 0 Å². The number of ether oxygens (including phenoxy) is 2. The summed E-state index contributed by atoms with van der Waals surface area (Å²) >= 11 is 0. The van der Waals surface area contributed by atoms with Gasteiger partial charge in [0.25, 0.3) is 0 Å². The number of carbonyl (C=O) groups excluding carboxylic acids is 1. The van der Waals surface area contributed by atoms with Crippen molar-refractivity contribution < 1.29 is 14.3 Å². The monoisotopic (exact) mass is 392 g/mol. The predicted octanol–water partition coefficient (Wildman–Crippen LogP) is 3.09. The van der Waals surface area contributed by atoms with Crippen molar-refractivity contribution in [1.82, 2.24) is 15.0 Å². The number of hydrogen-bond acceptors (Lipinski definition) is 7. The Kier molecular flexibility index (Phi) is 4.70. The van der Waals surface area contributed by atoms with Gasteiger partial charge in [0.15, 0.2) is 0 Å². The molecule has 0 saturated heterocycles. The number of pyridine rings is 3. The molecule has 3 aromatic heterocycles. The van der Waals surface area contributed by atoms with Crippen molar-refractivity contribution in [1.29, 1.82) is 0 Å². The van der Waals surface area contributed by atoms with Crippen molar-refractivity contribution in [3.8, 4) is 5.88 Å². The quantitative estimate of drug-likeness (QED) is 0.681. The van der Waals surface area contributed by atoms with Gasteiger partial charge in [-0.2, -0.15) is 0 Å². The highest BCUT2D eigenvalue weighted by Crippen LogP contribution is 2.32. The van der Waals surface area contributed by atoms with E-state index in [1.54, 1.807) is 25.6 Å². The lowest BCUT2D eigenvalue weighted by atomic mass is 9.92. The summed E-state index contributed by atoms with van der Waals surface area (Å²) in [6.07, 6.45) is 4.07. The third kappa shape index (κ3) is 3.53. The van der Waals surface area contributed by atoms with Gasteiger partial charge in [0.2, 0.25) is 5.88 Å². The predicted molar refractivity (Wildman–Crippen MR) is 109 cm³/mol. The Morgan fingerprint density at radius 3 is 2.72 bits per heavy atom. The maximum Gasteiger partial charge on any atom is 0.340 e. The van der Waals surface area contributed by atoms with Crippen LogP contribution in [0.5, 0.6) is 5.88 Å². The number of fused-ring (bicyclic) bond motifs is 2. The molecule has 1 aliphatic rings. The number of esters is 1. The van der Waals surface area contributed by atoms with E-state index in [0.717, 1.165) is 33.4 Å². The summed E-state index contributed by atoms with van der Waals surface area (Å²) in [6, 6.07) is 5.66. The zero-order valence-corrected chi connectivity index (χ0v) is 17.0. The number of nitrogens with zero attached hydrogens (tertiary/aromatic N) is 3. The molecule has 0 amide bonds. The molecule has 4 heterocycles. The molecular weight excluding hydrogens is 368 g/mol. The van der Waals surface area contributed by atoms with Crippen LogP contribution in [0.3, 0.4) is 0 Å². The molecule has 4 rings (SSSR count). The van der Waals surface area contributed by atoms with Gasteiger partial charge in [-0.05, 0) is 43.0 Å². The fourth-order valence-electron chi connectivity index (χ4n) is 3.63. The molecule has 0 fully saturated rings. The van der Waals surface area contributed by atoms with Gasteiger partial charge in [-0.1, -0.05) is 6.92 Å². The number of cyclic esters (lactones) is 1. The smallest absolute Gasteiger partial charge is 0.340 e. The molecule has 1 aliphatic heterocycles. The van der Waals surface area contributed by atoms with Gasteiger partial charge in [-0.15, -0.1) is 0 Å². The first kappa shape index (κ1) is 19.3. The summed E-state index contributed by atoms with van der Waals surface area (Å²) in [6.45, 7) is 6.26. The summed E-state index contributed by atoms with van der Waals surface area (Å²) in [4.78, 5) is 25.6. The van der Waals surface area contributed by atoms with Crippen molar-refractivity contribution in [2.45, 2.75) is 38.6 Å². The Hall–Kier alpha value is -3.06. The zero-order valence-electron chi connectivity index (χ0n) is 17.0. The molecule has 0 unspecified atom stereocenters. The van der Waals surface area contributed by atoms with Crippen LogP contribution in [0.1, 0.15) is 59.7 Å². The topological polar surface area (TPSA) is 100 Å². The molecular formula is C22H24N4O3. The third-order valence-electron chi connectivity index (χ3n) is 5.18. The number of rotatable bonds is 4. The number of nitrogens with two attached hydrogens (primary N) is 1. The van der Waals surface area contributed by atoms with E-state index in [0.29, 0.717) is 24.5 Å². The van der Waals surface area contributed by atoms with Crippen molar-refractivity contribution in [2.75, 3.05) is 13.7 Å². The molecule has 0 aromatic carbocycles. The van der Waals surface area contributed by atoms with E-state index < -0.39 is 5.54 Å². The van der Waals surface area contributed by atoms with E-state index in [9.17, 15) is 4.79 Å². The van der Waals surface area contributed by atoms with Crippen LogP contribution >= 0.6 is 0 Å². The SMILES string of the molecule is COc1ncc(C(C)(C)N)c2cc(Cc3ccc4c(n3)[C@@H](C)COC4=O)ncc12. The lowest BCUT2D eigenvalue weighted by Gasteiger charge is -2.22. The van der Waals surface area contributed by atoms with Crippen LogP contribution in [0.15, 0.2) is 30.6 Å². The second-order valence-electron chi connectivity index (χ2n) is 8.04. The van der Waals surface area contributed by atoms with E-state index in [1.165, 1.54) is 0 Å². The van der Waals surface area contributed by atoms with Gasteiger partial charge in [0.05, 0.1) is 30.4 Å². The standard InChI is InChI=1S/C22H24N4O3/c1-12-11-29-21(27)15-6-5-13(26-19(12)15)7-14-8-16-17(9-24-14)20(28-4)25-10-18(16)22(2,3)23/h5-6,8-10,12H,7,11,23H2,1-4H3/t12-/m0/s1. The highest BCUT2D eigenvalue weighted by atomic mass is 16.5. The lowest BCUT2D eigenvalue weighted by Crippen LogP contribution is -2.29. The Labute approximate surface area is 169 Å². The molecule has 1 atom stereocenters. The number of methoxy groups -OCH3 is 1. The maximum absolute atomic E-state index is 11.9. The molecule has 29 heavy (non-hydrogen) atoms. The zero-order chi connectivity index (χ0) is 20.8. The van der Waals surface area contributed by atoms with Gasteiger partial charge in [-0.3, -0.25) is 9.97 Å². The van der Waals surface area contributed by atoms with E-state index in [4.69, 9.17) is 20.2 Å². The highest BCUT2D eigenvalue weighted by Gasteiger charge is 2.26. The summed E-state index contributed by atoms with van der Waals surface area (Å²) in [5, 5.41) is 1.78. The molecule has 0 saturated carbocycles. The Bertz CT molecular complexity index is 1110. The first-order chi connectivity index (χ1) is 13.8. The maximum atomic E-state index is 11.9. The normalized spacial score (nSPS) is 16.4. The van der Waals surface area contributed by atoms with Gasteiger partial charge < -0.3 is 15.2 Å². The van der Waals surface area contributed by atoms with Crippen LogP contribution in [0.25, 0.3) is 10.8 Å². The first-order valence-corrected chi connectivity index (χ1v) is 9.56. The Balaban J connectivity index is 1.76. The second-order valence-corrected chi connectivity index (χ2v) is 8.04. The van der Waals surface area contributed by atoms with Crippen LogP contribution in [0.4, 0.5) is 0 Å². The van der Waals surface area contributed by atoms with Crippen LogP contribution in [-0.4, -0.2) is 34.6 Å². The van der Waals surface area contributed by atoms with Crippen molar-refractivity contribution >= 4 is 16.7 Å². The van der Waals surface area contributed by atoms with Crippen LogP contribution in [-0.2, 0) is 16.7 Å². The fraction of sp³-hybridized carbons (Fsp3) is 0.364. The summed E-state index contributed by atoms with van der Waals surface area (Å²) in [5.41, 5.74) is 9.77. The Morgan fingerprint density at radius 1 is 1.21 bits per heavy atom. The van der Waals surface area contributed by atoms with E-state index in [2.05, 4.69) is 9.97 Å². The summed E-state index contributed by atoms with van der Waals surface area (Å²) in [5.74, 6) is 0.286. The van der Waals surface area contributed by atoms with Crippen LogP contribution in [0, 0.1) is 0 Å². The molecule has 7 nitrogen and oxygen atoms in total. The number of aromatic nitrogens is 3. The van der Waals surface area contributed by atoms with Crippen LogP contribution < -0.4 is 10.5 Å². The van der Waals surface area contributed by atoms with Gasteiger partial charge in [0.1, 0.15) is 0 Å². The minimum atomic E-state index is -0.560. The molecule has 2 N–H and O–H groups in total. The Morgan fingerprint density at radius 2 is 2.00 bits per heavy atom. The van der Waals surface area contributed by atoms with Gasteiger partial charge in [0, 0.05) is 41.7 Å². The van der Waals surface area contributed by atoms with Crippen molar-refractivity contribution in [3.63, 3.8) is 0 Å². The lowest BCUT2D eigenvalue weighted by molar-refractivity contribution is 0.0444. The number of carbonyl (C=O) groups is 1. The molecule has 0 radical (unpaired) electrons. The van der Waals surface area contributed by atoms with E-state index in [-0.39, 0.29) is 11.9 Å². The fourth-order valence-corrected chi connectivity index (χ4v) is 3.63.